The Morgan fingerprint density at radius 1 is 1.07 bits per heavy atom. The largest absolute Gasteiger partial charge is 0.350 e. The maximum atomic E-state index is 12.8. The summed E-state index contributed by atoms with van der Waals surface area (Å²) in [7, 11) is 1.88. The zero-order valence-corrected chi connectivity index (χ0v) is 17.5. The van der Waals surface area contributed by atoms with Gasteiger partial charge < -0.3 is 10.6 Å². The number of aryl methyl sites for hydroxylation is 1. The lowest BCUT2D eigenvalue weighted by Crippen LogP contribution is -2.43. The average molecular weight is 387 g/mol. The van der Waals surface area contributed by atoms with Crippen molar-refractivity contribution in [2.75, 3.05) is 0 Å². The number of hydrogen-bond acceptors (Lipinski definition) is 3. The molecule has 0 spiro atoms. The molecule has 0 radical (unpaired) electrons. The van der Waals surface area contributed by atoms with Gasteiger partial charge in [-0.3, -0.25) is 14.3 Å². The van der Waals surface area contributed by atoms with Gasteiger partial charge in [-0.25, -0.2) is 0 Å². The highest BCUT2D eigenvalue weighted by Crippen LogP contribution is 2.37. The minimum atomic E-state index is 0.000882. The topological polar surface area (TPSA) is 76.0 Å². The number of carbonyl (C=O) groups excluding carboxylic acids is 2. The van der Waals surface area contributed by atoms with Gasteiger partial charge >= 0.3 is 0 Å². The molecule has 1 heterocycles. The summed E-state index contributed by atoms with van der Waals surface area (Å²) in [4.78, 5) is 25.0. The number of nitrogens with one attached hydrogen (secondary N) is 2. The van der Waals surface area contributed by atoms with Crippen molar-refractivity contribution in [1.29, 1.82) is 0 Å². The molecule has 2 fully saturated rings. The molecule has 2 saturated carbocycles. The summed E-state index contributed by atoms with van der Waals surface area (Å²) >= 11 is 0. The van der Waals surface area contributed by atoms with Gasteiger partial charge in [-0.15, -0.1) is 0 Å². The van der Waals surface area contributed by atoms with Gasteiger partial charge in [0.1, 0.15) is 0 Å². The summed E-state index contributed by atoms with van der Waals surface area (Å²) in [6.45, 7) is 4.16. The fourth-order valence-corrected chi connectivity index (χ4v) is 4.19. The van der Waals surface area contributed by atoms with Crippen molar-refractivity contribution in [2.45, 2.75) is 89.6 Å². The third-order valence-corrected chi connectivity index (χ3v) is 6.25. The average Bonchev–Trinajstić information content (AvgIpc) is 3.01. The van der Waals surface area contributed by atoms with Crippen molar-refractivity contribution < 1.29 is 9.59 Å². The Morgan fingerprint density at radius 2 is 1.68 bits per heavy atom. The van der Waals surface area contributed by atoms with Crippen LogP contribution in [-0.2, 0) is 11.8 Å². The van der Waals surface area contributed by atoms with E-state index in [2.05, 4.69) is 29.6 Å². The highest BCUT2D eigenvalue weighted by atomic mass is 16.2. The molecular formula is C22H34N4O2. The van der Waals surface area contributed by atoms with E-state index >= 15 is 0 Å². The van der Waals surface area contributed by atoms with Crippen LogP contribution in [0, 0.1) is 0 Å². The third-order valence-electron chi connectivity index (χ3n) is 6.25. The van der Waals surface area contributed by atoms with Crippen LogP contribution >= 0.6 is 0 Å². The summed E-state index contributed by atoms with van der Waals surface area (Å²) in [5.41, 5.74) is 2.87. The molecule has 2 aliphatic carbocycles. The number of amides is 2. The fourth-order valence-electron chi connectivity index (χ4n) is 4.19. The molecule has 28 heavy (non-hydrogen) atoms. The first-order valence-corrected chi connectivity index (χ1v) is 10.8. The molecule has 6 heteroatoms. The smallest absolute Gasteiger partial charge is 0.254 e. The van der Waals surface area contributed by atoms with Crippen molar-refractivity contribution in [2.24, 2.45) is 7.05 Å². The Hall–Kier alpha value is -2.11. The van der Waals surface area contributed by atoms with Crippen LogP contribution in [0.25, 0.3) is 0 Å². The normalized spacial score (nSPS) is 22.2. The monoisotopic (exact) mass is 386 g/mol. The van der Waals surface area contributed by atoms with Crippen molar-refractivity contribution in [3.8, 4) is 0 Å². The Morgan fingerprint density at radius 3 is 2.21 bits per heavy atom. The minimum absolute atomic E-state index is 0.000882. The van der Waals surface area contributed by atoms with E-state index in [1.165, 1.54) is 12.0 Å². The van der Waals surface area contributed by atoms with E-state index in [0.717, 1.165) is 62.6 Å². The van der Waals surface area contributed by atoms with Crippen LogP contribution in [0.2, 0.25) is 0 Å². The summed E-state index contributed by atoms with van der Waals surface area (Å²) in [5, 5.41) is 10.9. The molecule has 1 aromatic heterocycles. The maximum absolute atomic E-state index is 12.8. The molecule has 2 aliphatic rings. The second-order valence-corrected chi connectivity index (χ2v) is 8.27. The molecule has 0 unspecified atom stereocenters. The van der Waals surface area contributed by atoms with E-state index in [-0.39, 0.29) is 23.9 Å². The number of aromatic nitrogens is 2. The Labute approximate surface area is 168 Å². The first kappa shape index (κ1) is 20.6. The first-order chi connectivity index (χ1) is 13.5. The fraction of sp³-hybridized carbons (Fsp3) is 0.682. The zero-order valence-electron chi connectivity index (χ0n) is 17.5. The molecule has 0 aromatic carbocycles. The molecule has 3 rings (SSSR count). The van der Waals surface area contributed by atoms with Gasteiger partial charge in [0, 0.05) is 37.3 Å². The number of carbonyl (C=O) groups is 2. The van der Waals surface area contributed by atoms with Gasteiger partial charge in [0.2, 0.25) is 5.91 Å². The standard InChI is InChI=1S/C22H34N4O2/c1-4-15(5-2)13-20(27)23-17-9-11-18(12-10-17)24-22(28)19-14-26(3)25-21(19)16-7-6-8-16/h13-14,16-18H,4-12H2,1-3H3,(H,23,27)(H,24,28). The molecule has 0 aliphatic heterocycles. The molecule has 2 N–H and O–H groups in total. The highest BCUT2D eigenvalue weighted by Gasteiger charge is 2.29. The van der Waals surface area contributed by atoms with Crippen LogP contribution in [0.15, 0.2) is 17.8 Å². The summed E-state index contributed by atoms with van der Waals surface area (Å²) in [5.74, 6) is 0.463. The van der Waals surface area contributed by atoms with Crippen LogP contribution in [0.5, 0.6) is 0 Å². The van der Waals surface area contributed by atoms with Crippen LogP contribution in [0.3, 0.4) is 0 Å². The predicted octanol–water partition coefficient (Wildman–Crippen LogP) is 3.59. The number of allylic oxidation sites excluding steroid dienone is 1. The second-order valence-electron chi connectivity index (χ2n) is 8.27. The number of hydrogen-bond donors (Lipinski definition) is 2. The molecular weight excluding hydrogens is 352 g/mol. The van der Waals surface area contributed by atoms with Crippen LogP contribution in [0.1, 0.15) is 93.6 Å². The lowest BCUT2D eigenvalue weighted by Gasteiger charge is -2.30. The molecule has 0 bridgehead atoms. The van der Waals surface area contributed by atoms with E-state index < -0.39 is 0 Å². The number of nitrogens with zero attached hydrogens (tertiary/aromatic N) is 2. The van der Waals surface area contributed by atoms with Gasteiger partial charge in [-0.05, 0) is 51.4 Å². The van der Waals surface area contributed by atoms with E-state index in [1.807, 2.05) is 13.2 Å². The third kappa shape index (κ3) is 5.03. The van der Waals surface area contributed by atoms with Gasteiger partial charge in [-0.1, -0.05) is 25.8 Å². The van der Waals surface area contributed by atoms with Crippen molar-refractivity contribution >= 4 is 11.8 Å². The predicted molar refractivity (Wildman–Crippen MR) is 110 cm³/mol. The molecule has 0 saturated heterocycles. The van der Waals surface area contributed by atoms with Gasteiger partial charge in [0.05, 0.1) is 11.3 Å². The van der Waals surface area contributed by atoms with E-state index in [4.69, 9.17) is 0 Å². The minimum Gasteiger partial charge on any atom is -0.350 e. The Balaban J connectivity index is 1.49. The van der Waals surface area contributed by atoms with E-state index in [9.17, 15) is 9.59 Å². The lowest BCUT2D eigenvalue weighted by molar-refractivity contribution is -0.117. The second kappa shape index (κ2) is 9.39. The van der Waals surface area contributed by atoms with Crippen LogP contribution < -0.4 is 10.6 Å². The molecule has 154 valence electrons. The quantitative estimate of drug-likeness (QED) is 0.703. The summed E-state index contributed by atoms with van der Waals surface area (Å²) in [6.07, 6.45) is 12.5. The van der Waals surface area contributed by atoms with Gasteiger partial charge in [0.25, 0.3) is 5.91 Å². The van der Waals surface area contributed by atoms with E-state index in [0.29, 0.717) is 5.92 Å². The Bertz CT molecular complexity index is 719. The maximum Gasteiger partial charge on any atom is 0.254 e. The molecule has 0 atom stereocenters. The van der Waals surface area contributed by atoms with Crippen LogP contribution in [-0.4, -0.2) is 33.7 Å². The summed E-state index contributed by atoms with van der Waals surface area (Å²) in [6, 6.07) is 0.378. The van der Waals surface area contributed by atoms with Gasteiger partial charge in [0.15, 0.2) is 0 Å². The molecule has 2 amide bonds. The van der Waals surface area contributed by atoms with Gasteiger partial charge in [-0.2, -0.15) is 5.10 Å². The molecule has 6 nitrogen and oxygen atoms in total. The lowest BCUT2D eigenvalue weighted by atomic mass is 9.81. The van der Waals surface area contributed by atoms with Crippen molar-refractivity contribution in [3.63, 3.8) is 0 Å². The zero-order chi connectivity index (χ0) is 20.1. The number of rotatable bonds is 7. The first-order valence-electron chi connectivity index (χ1n) is 10.8. The van der Waals surface area contributed by atoms with Crippen LogP contribution in [0.4, 0.5) is 0 Å². The highest BCUT2D eigenvalue weighted by molar-refractivity contribution is 5.95. The summed E-state index contributed by atoms with van der Waals surface area (Å²) < 4.78 is 1.75. The van der Waals surface area contributed by atoms with Crippen molar-refractivity contribution in [1.82, 2.24) is 20.4 Å². The molecule has 1 aromatic rings. The van der Waals surface area contributed by atoms with E-state index in [1.54, 1.807) is 10.8 Å². The van der Waals surface area contributed by atoms with Crippen molar-refractivity contribution in [3.05, 3.63) is 29.1 Å². The Kier molecular flexibility index (Phi) is 6.92. The SMILES string of the molecule is CCC(=CC(=O)NC1CCC(NC(=O)c2cn(C)nc2C2CCC2)CC1)CC.